The van der Waals surface area contributed by atoms with Crippen molar-refractivity contribution in [1.82, 2.24) is 15.2 Å². The van der Waals surface area contributed by atoms with E-state index in [4.69, 9.17) is 28.2 Å². The maximum atomic E-state index is 12.7. The fraction of sp³-hybridized carbons (Fsp3) is 0.267. The number of thiazole rings is 1. The van der Waals surface area contributed by atoms with E-state index in [1.807, 2.05) is 0 Å². The standard InChI is InChI=1S/C15H16ClN7O5S3/c16-11-8(21-15(18)31-11)9(22-28)12(24)20-7-4-1-2-5(30-6(17)3-29-19)10(14(26)27)23(4)13(7)25/h3-4,7,28H,1-2,17,19H2,(H2,18,21)(H,20,24)(H,26,27)/b6-3+,22-9-. The molecule has 0 saturated carbocycles. The number of nitrogens with one attached hydrogen (secondary N) is 1. The Morgan fingerprint density at radius 3 is 2.71 bits per heavy atom. The van der Waals surface area contributed by atoms with E-state index in [2.05, 4.69) is 15.5 Å². The predicted octanol–water partition coefficient (Wildman–Crippen LogP) is 0.440. The number of nitrogens with zero attached hydrogens (tertiary/aromatic N) is 3. The molecule has 0 spiro atoms. The van der Waals surface area contributed by atoms with Crippen LogP contribution in [0.3, 0.4) is 0 Å². The number of thioether (sulfide) groups is 1. The average molecular weight is 506 g/mol. The maximum absolute atomic E-state index is 12.7. The highest BCUT2D eigenvalue weighted by Gasteiger charge is 2.53. The number of carboxylic acids is 1. The van der Waals surface area contributed by atoms with Crippen LogP contribution in [-0.2, 0) is 14.4 Å². The molecule has 2 unspecified atom stereocenters. The summed E-state index contributed by atoms with van der Waals surface area (Å²) in [6, 6.07) is -1.59. The first-order valence-corrected chi connectivity index (χ1v) is 11.4. The van der Waals surface area contributed by atoms with E-state index in [1.54, 1.807) is 0 Å². The molecule has 0 aliphatic carbocycles. The first kappa shape index (κ1) is 23.2. The number of carbonyl (C=O) groups is 3. The largest absolute Gasteiger partial charge is 0.477 e. The van der Waals surface area contributed by atoms with Gasteiger partial charge < -0.3 is 27.1 Å². The van der Waals surface area contributed by atoms with E-state index < -0.39 is 35.6 Å². The summed E-state index contributed by atoms with van der Waals surface area (Å²) < 4.78 is 0.0405. The van der Waals surface area contributed by atoms with E-state index in [-0.39, 0.29) is 20.9 Å². The van der Waals surface area contributed by atoms with Gasteiger partial charge in [-0.1, -0.05) is 51.8 Å². The number of β-lactam (4-membered cyclic amide) rings is 1. The molecule has 1 aromatic rings. The summed E-state index contributed by atoms with van der Waals surface area (Å²) in [5, 5.41) is 31.4. The summed E-state index contributed by atoms with van der Waals surface area (Å²) in [6.45, 7) is 0. The molecule has 1 aromatic heterocycles. The zero-order valence-corrected chi connectivity index (χ0v) is 18.6. The molecular weight excluding hydrogens is 490 g/mol. The van der Waals surface area contributed by atoms with Crippen molar-refractivity contribution < 1.29 is 24.7 Å². The van der Waals surface area contributed by atoms with Crippen LogP contribution in [0, 0.1) is 0 Å². The Labute approximate surface area is 192 Å². The summed E-state index contributed by atoms with van der Waals surface area (Å²) >= 11 is 8.73. The second-order valence-corrected chi connectivity index (χ2v) is 9.53. The smallest absolute Gasteiger partial charge is 0.353 e. The molecule has 3 rings (SSSR count). The van der Waals surface area contributed by atoms with Crippen LogP contribution in [0.5, 0.6) is 0 Å². The Morgan fingerprint density at radius 2 is 2.16 bits per heavy atom. The van der Waals surface area contributed by atoms with Gasteiger partial charge in [0.25, 0.3) is 11.8 Å². The number of halogens is 1. The lowest BCUT2D eigenvalue weighted by atomic mass is 9.86. The fourth-order valence-electron chi connectivity index (χ4n) is 3.23. The first-order chi connectivity index (χ1) is 14.7. The molecule has 12 nitrogen and oxygen atoms in total. The van der Waals surface area contributed by atoms with Crippen LogP contribution >= 0.6 is 46.6 Å². The number of rotatable bonds is 7. The first-order valence-electron chi connectivity index (χ1n) is 8.43. The lowest BCUT2D eigenvalue weighted by molar-refractivity contribution is -0.155. The molecule has 2 aliphatic heterocycles. The molecule has 2 amide bonds. The minimum atomic E-state index is -1.29. The number of hydrogen-bond donors (Lipinski definition) is 6. The Morgan fingerprint density at radius 1 is 1.45 bits per heavy atom. The van der Waals surface area contributed by atoms with Gasteiger partial charge in [-0.25, -0.2) is 9.78 Å². The minimum Gasteiger partial charge on any atom is -0.477 e. The molecule has 3 heterocycles. The van der Waals surface area contributed by atoms with Gasteiger partial charge in [-0.3, -0.25) is 19.6 Å². The van der Waals surface area contributed by atoms with Crippen LogP contribution in [0.4, 0.5) is 5.13 Å². The van der Waals surface area contributed by atoms with Crippen LogP contribution in [0.25, 0.3) is 0 Å². The van der Waals surface area contributed by atoms with Crippen molar-refractivity contribution in [3.05, 3.63) is 31.1 Å². The number of carbonyl (C=O) groups excluding carboxylic acids is 2. The van der Waals surface area contributed by atoms with E-state index in [0.717, 1.165) is 39.9 Å². The molecule has 166 valence electrons. The molecule has 16 heteroatoms. The lowest BCUT2D eigenvalue weighted by Crippen LogP contribution is -2.72. The molecule has 9 N–H and O–H groups in total. The third-order valence-electron chi connectivity index (χ3n) is 4.45. The molecule has 31 heavy (non-hydrogen) atoms. The Kier molecular flexibility index (Phi) is 7.00. The zero-order chi connectivity index (χ0) is 22.9. The van der Waals surface area contributed by atoms with Gasteiger partial charge >= 0.3 is 5.97 Å². The van der Waals surface area contributed by atoms with E-state index >= 15 is 0 Å². The summed E-state index contributed by atoms with van der Waals surface area (Å²) in [4.78, 5) is 42.5. The van der Waals surface area contributed by atoms with Gasteiger partial charge in [0, 0.05) is 10.3 Å². The summed E-state index contributed by atoms with van der Waals surface area (Å²) in [5.74, 6) is -2.81. The number of carboxylic acid groups (broad SMARTS) is 1. The third-order valence-corrected chi connectivity index (χ3v) is 7.07. The Bertz CT molecular complexity index is 1040. The highest BCUT2D eigenvalue weighted by Crippen LogP contribution is 2.42. The highest BCUT2D eigenvalue weighted by atomic mass is 35.5. The molecular formula is C15H16ClN7O5S3. The number of fused-ring (bicyclic) bond motifs is 1. The van der Waals surface area contributed by atoms with Crippen LogP contribution in [0.2, 0.25) is 4.34 Å². The van der Waals surface area contributed by atoms with Crippen LogP contribution in [0.15, 0.2) is 26.2 Å². The van der Waals surface area contributed by atoms with Gasteiger partial charge in [-0.2, -0.15) is 0 Å². The number of nitrogens with two attached hydrogens (primary N) is 3. The van der Waals surface area contributed by atoms with Crippen molar-refractivity contribution >= 4 is 75.3 Å². The van der Waals surface area contributed by atoms with Crippen molar-refractivity contribution in [2.45, 2.75) is 24.9 Å². The Balaban J connectivity index is 1.79. The average Bonchev–Trinajstić information content (AvgIpc) is 3.04. The van der Waals surface area contributed by atoms with Crippen molar-refractivity contribution in [2.75, 3.05) is 5.73 Å². The number of anilines is 1. The van der Waals surface area contributed by atoms with Gasteiger partial charge in [0.15, 0.2) is 10.8 Å². The quantitative estimate of drug-likeness (QED) is 0.0983. The van der Waals surface area contributed by atoms with Gasteiger partial charge in [0.1, 0.15) is 21.8 Å². The molecule has 0 radical (unpaired) electrons. The zero-order valence-electron chi connectivity index (χ0n) is 15.4. The second kappa shape index (κ2) is 9.35. The maximum Gasteiger partial charge on any atom is 0.353 e. The van der Waals surface area contributed by atoms with E-state index in [0.29, 0.717) is 22.8 Å². The van der Waals surface area contributed by atoms with Crippen molar-refractivity contribution in [3.8, 4) is 0 Å². The second-order valence-electron chi connectivity index (χ2n) is 6.22. The number of allylic oxidation sites excluding steroid dienone is 1. The third kappa shape index (κ3) is 4.45. The predicted molar refractivity (Wildman–Crippen MR) is 118 cm³/mol. The molecule has 2 aliphatic rings. The lowest BCUT2D eigenvalue weighted by Gasteiger charge is -2.50. The molecule has 0 bridgehead atoms. The van der Waals surface area contributed by atoms with E-state index in [1.165, 1.54) is 5.41 Å². The van der Waals surface area contributed by atoms with Gasteiger partial charge in [0.2, 0.25) is 0 Å². The van der Waals surface area contributed by atoms with Gasteiger partial charge in [-0.05, 0) is 12.8 Å². The highest BCUT2D eigenvalue weighted by molar-refractivity contribution is 8.08. The van der Waals surface area contributed by atoms with Crippen LogP contribution in [0.1, 0.15) is 18.5 Å². The number of oxime groups is 1. The van der Waals surface area contributed by atoms with Crippen LogP contribution in [-0.4, -0.2) is 55.8 Å². The number of aromatic nitrogens is 1. The fourth-order valence-corrected chi connectivity index (χ4v) is 5.44. The molecule has 0 aromatic carbocycles. The van der Waals surface area contributed by atoms with Crippen molar-refractivity contribution in [1.29, 1.82) is 0 Å². The molecule has 2 atom stereocenters. The summed E-state index contributed by atoms with van der Waals surface area (Å²) in [5.41, 5.74) is 10.5. The van der Waals surface area contributed by atoms with Crippen LogP contribution < -0.4 is 21.9 Å². The van der Waals surface area contributed by atoms with Crippen molar-refractivity contribution in [2.24, 2.45) is 16.0 Å². The van der Waals surface area contributed by atoms with Gasteiger partial charge in [0.05, 0.1) is 11.1 Å². The normalized spacial score (nSPS) is 21.6. The topological polar surface area (TPSA) is 210 Å². The van der Waals surface area contributed by atoms with Gasteiger partial charge in [-0.15, -0.1) is 0 Å². The Hall–Kier alpha value is -2.46. The monoisotopic (exact) mass is 505 g/mol. The number of aliphatic carboxylic acids is 1. The van der Waals surface area contributed by atoms with E-state index in [9.17, 15) is 24.7 Å². The SMILES string of the molecule is NS/C=C(\N)SC1=C(C(=O)O)N2C(=O)C(NC(=O)/C(=N\O)c3nc(N)sc3Cl)C2CC1. The summed E-state index contributed by atoms with van der Waals surface area (Å²) in [6.07, 6.45) is 0.709. The number of amides is 2. The minimum absolute atomic E-state index is 0.0405. The summed E-state index contributed by atoms with van der Waals surface area (Å²) in [7, 11) is 0. The number of hydrogen-bond acceptors (Lipinski definition) is 12. The molecule has 1 saturated heterocycles. The van der Waals surface area contributed by atoms with Crippen molar-refractivity contribution in [3.63, 3.8) is 0 Å². The number of nitrogen functional groups attached to an aromatic ring is 1. The molecule has 1 fully saturated rings.